The van der Waals surface area contributed by atoms with Crippen LogP contribution in [-0.4, -0.2) is 22.1 Å². The fraction of sp³-hybridized carbons (Fsp3) is 0.429. The van der Waals surface area contributed by atoms with Gasteiger partial charge < -0.3 is 4.72 Å². The summed E-state index contributed by atoms with van der Waals surface area (Å²) in [6.45, 7) is 7.56. The van der Waals surface area contributed by atoms with Crippen LogP contribution in [0, 0.1) is 12.3 Å². The number of ketones is 1. The molecule has 0 radical (unpaired) electrons. The first-order valence-electron chi connectivity index (χ1n) is 5.76. The lowest BCUT2D eigenvalue weighted by Crippen LogP contribution is -2.21. The highest BCUT2D eigenvalue weighted by atomic mass is 32.2. The summed E-state index contributed by atoms with van der Waals surface area (Å²) in [5, 5.41) is 0. The van der Waals surface area contributed by atoms with Crippen LogP contribution in [0.3, 0.4) is 0 Å². The van der Waals surface area contributed by atoms with Crippen molar-refractivity contribution in [2.45, 2.75) is 27.7 Å². The molecule has 0 aromatic heterocycles. The molecule has 0 spiro atoms. The molecule has 3 nitrogen and oxygen atoms in total. The summed E-state index contributed by atoms with van der Waals surface area (Å²) in [5.41, 5.74) is 1.82. The summed E-state index contributed by atoms with van der Waals surface area (Å²) in [7, 11) is -2.33. The van der Waals surface area contributed by atoms with Crippen LogP contribution in [0.2, 0.25) is 0 Å². The Balaban J connectivity index is 3.22. The summed E-state index contributed by atoms with van der Waals surface area (Å²) in [6.07, 6.45) is 1.53. The predicted octanol–water partition coefficient (Wildman–Crippen LogP) is 2.90. The van der Waals surface area contributed by atoms with Gasteiger partial charge in [0.05, 0.1) is 0 Å². The van der Waals surface area contributed by atoms with Crippen LogP contribution >= 0.6 is 0 Å². The molecular formula is C14H21NO2S. The van der Waals surface area contributed by atoms with Gasteiger partial charge in [0.15, 0.2) is 5.78 Å². The van der Waals surface area contributed by atoms with Crippen molar-refractivity contribution in [2.24, 2.45) is 5.41 Å². The number of Topliss-reactive ketones (excluding diaryl/α,β-unsaturated/α-hetero) is 1. The van der Waals surface area contributed by atoms with E-state index < -0.39 is 15.1 Å². The average Bonchev–Trinajstić information content (AvgIpc) is 2.16. The second-order valence-corrected chi connectivity index (χ2v) is 7.93. The van der Waals surface area contributed by atoms with Crippen molar-refractivity contribution < 1.29 is 9.00 Å². The van der Waals surface area contributed by atoms with E-state index in [2.05, 4.69) is 10.6 Å². The van der Waals surface area contributed by atoms with Crippen LogP contribution in [0.1, 0.15) is 36.7 Å². The molecular weight excluding hydrogens is 246 g/mol. The molecule has 0 aliphatic rings. The molecule has 0 amide bonds. The van der Waals surface area contributed by atoms with Crippen LogP contribution in [-0.2, 0) is 9.71 Å². The molecule has 0 bridgehead atoms. The Hall–Kier alpha value is -1.29. The van der Waals surface area contributed by atoms with Crippen molar-refractivity contribution in [3.8, 4) is 0 Å². The molecule has 4 heteroatoms. The van der Waals surface area contributed by atoms with Gasteiger partial charge in [-0.3, -0.25) is 4.79 Å². The van der Waals surface area contributed by atoms with Gasteiger partial charge >= 0.3 is 0 Å². The lowest BCUT2D eigenvalue weighted by molar-refractivity contribution is 0.0857. The van der Waals surface area contributed by atoms with Crippen molar-refractivity contribution in [3.05, 3.63) is 29.3 Å². The molecule has 0 aliphatic heterocycles. The minimum absolute atomic E-state index is 0.0790. The zero-order valence-corrected chi connectivity index (χ0v) is 12.5. The fourth-order valence-electron chi connectivity index (χ4n) is 1.58. The number of hydrogen-bond acceptors (Lipinski definition) is 2. The standard InChI is InChI=1S/C14H21NO2S/c1-10-7-8-11(15-18(5,6)17)9-12(10)13(16)14(2,3)4/h7-9H,5H2,1-4,6H3,(H,15,17). The summed E-state index contributed by atoms with van der Waals surface area (Å²) >= 11 is 0. The van der Waals surface area contributed by atoms with Crippen LogP contribution in [0.4, 0.5) is 5.69 Å². The predicted molar refractivity (Wildman–Crippen MR) is 79.8 cm³/mol. The molecule has 1 aromatic rings. The highest BCUT2D eigenvalue weighted by molar-refractivity contribution is 8.00. The van der Waals surface area contributed by atoms with Crippen molar-refractivity contribution in [2.75, 3.05) is 11.0 Å². The number of hydrogen-bond donors (Lipinski definition) is 1. The average molecular weight is 267 g/mol. The maximum Gasteiger partial charge on any atom is 0.168 e. The third kappa shape index (κ3) is 3.88. The van der Waals surface area contributed by atoms with Gasteiger partial charge in [-0.2, -0.15) is 0 Å². The molecule has 100 valence electrons. The molecule has 0 aliphatic carbocycles. The van der Waals surface area contributed by atoms with Crippen molar-refractivity contribution in [1.29, 1.82) is 0 Å². The van der Waals surface area contributed by atoms with Gasteiger partial charge in [-0.1, -0.05) is 26.8 Å². The van der Waals surface area contributed by atoms with E-state index in [1.165, 1.54) is 6.26 Å². The molecule has 0 fully saturated rings. The number of carbonyl (C=O) groups is 1. The van der Waals surface area contributed by atoms with Gasteiger partial charge in [-0.15, -0.1) is 0 Å². The Morgan fingerprint density at radius 3 is 2.33 bits per heavy atom. The van der Waals surface area contributed by atoms with E-state index >= 15 is 0 Å². The largest absolute Gasteiger partial charge is 0.313 e. The molecule has 1 N–H and O–H groups in total. The number of benzene rings is 1. The maximum atomic E-state index is 12.3. The quantitative estimate of drug-likeness (QED) is 0.676. The highest BCUT2D eigenvalue weighted by Gasteiger charge is 2.24. The highest BCUT2D eigenvalue weighted by Crippen LogP contribution is 2.25. The smallest absolute Gasteiger partial charge is 0.168 e. The van der Waals surface area contributed by atoms with Crippen LogP contribution in [0.25, 0.3) is 0 Å². The number of anilines is 1. The maximum absolute atomic E-state index is 12.3. The number of nitrogens with one attached hydrogen (secondary N) is 1. The zero-order valence-electron chi connectivity index (χ0n) is 11.7. The lowest BCUT2D eigenvalue weighted by atomic mass is 9.85. The van der Waals surface area contributed by atoms with Crippen molar-refractivity contribution in [1.82, 2.24) is 0 Å². The van der Waals surface area contributed by atoms with Gasteiger partial charge in [0, 0.05) is 32.6 Å². The van der Waals surface area contributed by atoms with Gasteiger partial charge in [0.2, 0.25) is 0 Å². The van der Waals surface area contributed by atoms with Gasteiger partial charge in [-0.05, 0) is 30.5 Å². The Morgan fingerprint density at radius 1 is 1.33 bits per heavy atom. The third-order valence-corrected chi connectivity index (χ3v) is 3.16. The third-order valence-electron chi connectivity index (χ3n) is 2.50. The Kier molecular flexibility index (Phi) is 3.91. The van der Waals surface area contributed by atoms with Crippen LogP contribution in [0.15, 0.2) is 18.2 Å². The summed E-state index contributed by atoms with van der Waals surface area (Å²) < 4.78 is 14.4. The van der Waals surface area contributed by atoms with Gasteiger partial charge in [0.25, 0.3) is 0 Å². The Labute approximate surface area is 110 Å². The first-order chi connectivity index (χ1) is 8.00. The van der Waals surface area contributed by atoms with E-state index in [-0.39, 0.29) is 5.78 Å². The topological polar surface area (TPSA) is 46.2 Å². The minimum Gasteiger partial charge on any atom is -0.313 e. The van der Waals surface area contributed by atoms with Gasteiger partial charge in [-0.25, -0.2) is 4.21 Å². The summed E-state index contributed by atoms with van der Waals surface area (Å²) in [6, 6.07) is 5.41. The number of carbonyl (C=O) groups excluding carboxylic acids is 1. The minimum atomic E-state index is -2.33. The lowest BCUT2D eigenvalue weighted by Gasteiger charge is -2.19. The molecule has 1 rings (SSSR count). The number of rotatable bonds is 3. The molecule has 18 heavy (non-hydrogen) atoms. The molecule has 1 unspecified atom stereocenters. The van der Waals surface area contributed by atoms with E-state index in [4.69, 9.17) is 0 Å². The molecule has 0 saturated carbocycles. The molecule has 1 aromatic carbocycles. The van der Waals surface area contributed by atoms with E-state index in [1.54, 1.807) is 6.07 Å². The molecule has 0 heterocycles. The molecule has 1 atom stereocenters. The van der Waals surface area contributed by atoms with Crippen LogP contribution in [0.5, 0.6) is 0 Å². The second kappa shape index (κ2) is 4.76. The van der Waals surface area contributed by atoms with E-state index in [9.17, 15) is 9.00 Å². The van der Waals surface area contributed by atoms with E-state index in [0.29, 0.717) is 11.3 Å². The van der Waals surface area contributed by atoms with E-state index in [0.717, 1.165) is 5.56 Å². The van der Waals surface area contributed by atoms with E-state index in [1.807, 2.05) is 39.8 Å². The normalized spacial score (nSPS) is 14.9. The molecule has 0 saturated heterocycles. The summed E-state index contributed by atoms with van der Waals surface area (Å²) in [5.74, 6) is 3.62. The zero-order chi connectivity index (χ0) is 14.1. The summed E-state index contributed by atoms with van der Waals surface area (Å²) in [4.78, 5) is 12.3. The number of aryl methyl sites for hydroxylation is 1. The van der Waals surface area contributed by atoms with Gasteiger partial charge in [0.1, 0.15) is 0 Å². The Bertz CT molecular complexity index is 566. The van der Waals surface area contributed by atoms with Crippen molar-refractivity contribution in [3.63, 3.8) is 0 Å². The Morgan fingerprint density at radius 2 is 1.89 bits per heavy atom. The first kappa shape index (κ1) is 14.8. The van der Waals surface area contributed by atoms with Crippen molar-refractivity contribution >= 4 is 27.0 Å². The SMILES string of the molecule is C=S(C)(=O)Nc1ccc(C)c(C(=O)C(C)(C)C)c1. The fourth-order valence-corrected chi connectivity index (χ4v) is 2.21. The first-order valence-corrected chi connectivity index (χ1v) is 7.90. The second-order valence-electron chi connectivity index (χ2n) is 5.72. The monoisotopic (exact) mass is 267 g/mol. The van der Waals surface area contributed by atoms with Crippen LogP contribution < -0.4 is 4.72 Å².